The second kappa shape index (κ2) is 7.68. The van der Waals surface area contributed by atoms with Crippen molar-refractivity contribution in [2.45, 2.75) is 11.4 Å². The van der Waals surface area contributed by atoms with Gasteiger partial charge in [0.2, 0.25) is 16.8 Å². The minimum Gasteiger partial charge on any atom is -0.495 e. The number of ether oxygens (including phenoxy) is 3. The molecule has 0 aromatic heterocycles. The van der Waals surface area contributed by atoms with E-state index < -0.39 is 16.0 Å². The molecule has 1 heterocycles. The molecule has 0 bridgehead atoms. The summed E-state index contributed by atoms with van der Waals surface area (Å²) in [4.78, 5) is 10.6. The van der Waals surface area contributed by atoms with Crippen LogP contribution in [0.15, 0.2) is 47.4 Å². The number of sulfonamides is 1. The lowest BCUT2D eigenvalue weighted by Gasteiger charge is -2.12. The number of hydrogen-bond acceptors (Lipinski definition) is 6. The maximum Gasteiger partial charge on any atom is 0.328 e. The number of nitrogens with one attached hydrogen (secondary N) is 1. The zero-order valence-electron chi connectivity index (χ0n) is 14.3. The quantitative estimate of drug-likeness (QED) is 0.695. The predicted octanol–water partition coefficient (Wildman–Crippen LogP) is 2.00. The van der Waals surface area contributed by atoms with Crippen molar-refractivity contribution in [3.8, 4) is 17.2 Å². The van der Waals surface area contributed by atoms with Gasteiger partial charge in [0, 0.05) is 12.6 Å². The number of rotatable bonds is 7. The van der Waals surface area contributed by atoms with Gasteiger partial charge in [0.15, 0.2) is 11.5 Å². The van der Waals surface area contributed by atoms with E-state index in [2.05, 4.69) is 4.72 Å². The molecule has 0 saturated carbocycles. The Morgan fingerprint density at radius 3 is 2.74 bits per heavy atom. The molecular formula is C18H17NO7S. The van der Waals surface area contributed by atoms with Crippen LogP contribution in [0.2, 0.25) is 0 Å². The highest BCUT2D eigenvalue weighted by Gasteiger charge is 2.20. The lowest BCUT2D eigenvalue weighted by molar-refractivity contribution is -0.131. The van der Waals surface area contributed by atoms with Gasteiger partial charge in [-0.2, -0.15) is 0 Å². The Balaban J connectivity index is 1.82. The Hall–Kier alpha value is -3.04. The fourth-order valence-corrected chi connectivity index (χ4v) is 3.70. The highest BCUT2D eigenvalue weighted by Crippen LogP contribution is 2.32. The first-order chi connectivity index (χ1) is 12.9. The van der Waals surface area contributed by atoms with Gasteiger partial charge in [-0.3, -0.25) is 0 Å². The van der Waals surface area contributed by atoms with Crippen molar-refractivity contribution in [2.24, 2.45) is 0 Å². The van der Waals surface area contributed by atoms with E-state index in [0.717, 1.165) is 6.08 Å². The van der Waals surface area contributed by atoms with Crippen LogP contribution in [-0.4, -0.2) is 33.4 Å². The van der Waals surface area contributed by atoms with Crippen LogP contribution in [0.3, 0.4) is 0 Å². The van der Waals surface area contributed by atoms with Gasteiger partial charge in [-0.05, 0) is 41.5 Å². The van der Waals surface area contributed by atoms with Crippen molar-refractivity contribution in [1.29, 1.82) is 0 Å². The maximum absolute atomic E-state index is 12.7. The fourth-order valence-electron chi connectivity index (χ4n) is 2.48. The zero-order chi connectivity index (χ0) is 19.4. The van der Waals surface area contributed by atoms with Crippen molar-refractivity contribution in [3.63, 3.8) is 0 Å². The first kappa shape index (κ1) is 18.7. The van der Waals surface area contributed by atoms with Crippen LogP contribution in [0.25, 0.3) is 6.08 Å². The third-order valence-electron chi connectivity index (χ3n) is 3.80. The molecule has 2 N–H and O–H groups in total. The first-order valence-electron chi connectivity index (χ1n) is 7.86. The molecule has 3 rings (SSSR count). The Bertz CT molecular complexity index is 999. The number of carboxylic acids is 1. The summed E-state index contributed by atoms with van der Waals surface area (Å²) in [7, 11) is -2.54. The lowest BCUT2D eigenvalue weighted by Crippen LogP contribution is -2.23. The topological polar surface area (TPSA) is 111 Å². The molecule has 0 saturated heterocycles. The smallest absolute Gasteiger partial charge is 0.328 e. The Morgan fingerprint density at radius 2 is 2.00 bits per heavy atom. The van der Waals surface area contributed by atoms with Crippen LogP contribution < -0.4 is 18.9 Å². The molecule has 0 spiro atoms. The summed E-state index contributed by atoms with van der Waals surface area (Å²) < 4.78 is 43.6. The second-order valence-electron chi connectivity index (χ2n) is 5.59. The molecule has 0 atom stereocenters. The summed E-state index contributed by atoms with van der Waals surface area (Å²) in [6.45, 7) is 0.176. The molecule has 1 aliphatic heterocycles. The molecule has 9 heteroatoms. The third kappa shape index (κ3) is 4.39. The third-order valence-corrected chi connectivity index (χ3v) is 5.22. The number of carbonyl (C=O) groups is 1. The van der Waals surface area contributed by atoms with Crippen LogP contribution >= 0.6 is 0 Å². The van der Waals surface area contributed by atoms with E-state index in [1.807, 2.05) is 0 Å². The number of hydrogen-bond donors (Lipinski definition) is 2. The molecule has 2 aromatic rings. The predicted molar refractivity (Wildman–Crippen MR) is 96.3 cm³/mol. The first-order valence-corrected chi connectivity index (χ1v) is 9.34. The maximum atomic E-state index is 12.7. The van der Waals surface area contributed by atoms with Crippen molar-refractivity contribution in [3.05, 3.63) is 53.6 Å². The Morgan fingerprint density at radius 1 is 1.22 bits per heavy atom. The average molecular weight is 391 g/mol. The Labute approximate surface area is 156 Å². The van der Waals surface area contributed by atoms with Crippen LogP contribution in [-0.2, 0) is 21.4 Å². The fraction of sp³-hybridized carbons (Fsp3) is 0.167. The molecule has 142 valence electrons. The van der Waals surface area contributed by atoms with E-state index in [1.54, 1.807) is 24.3 Å². The molecule has 0 amide bonds. The number of methoxy groups -OCH3 is 1. The van der Waals surface area contributed by atoms with E-state index in [-0.39, 0.29) is 24.0 Å². The van der Waals surface area contributed by atoms with E-state index in [1.165, 1.54) is 25.3 Å². The summed E-state index contributed by atoms with van der Waals surface area (Å²) in [5, 5.41) is 8.72. The van der Waals surface area contributed by atoms with E-state index in [9.17, 15) is 13.2 Å². The molecule has 0 fully saturated rings. The van der Waals surface area contributed by atoms with Gasteiger partial charge in [-0.25, -0.2) is 17.9 Å². The molecule has 1 aliphatic rings. The average Bonchev–Trinajstić information content (AvgIpc) is 3.12. The van der Waals surface area contributed by atoms with E-state index in [4.69, 9.17) is 19.3 Å². The number of carboxylic acid groups (broad SMARTS) is 1. The molecule has 0 aliphatic carbocycles. The van der Waals surface area contributed by atoms with Gasteiger partial charge in [0.05, 0.1) is 7.11 Å². The van der Waals surface area contributed by atoms with Gasteiger partial charge in [0.1, 0.15) is 10.6 Å². The lowest BCUT2D eigenvalue weighted by atomic mass is 10.2. The van der Waals surface area contributed by atoms with Crippen LogP contribution in [0.1, 0.15) is 11.1 Å². The van der Waals surface area contributed by atoms with Gasteiger partial charge in [-0.1, -0.05) is 12.1 Å². The van der Waals surface area contributed by atoms with E-state index in [0.29, 0.717) is 22.6 Å². The van der Waals surface area contributed by atoms with E-state index >= 15 is 0 Å². The highest BCUT2D eigenvalue weighted by atomic mass is 32.2. The second-order valence-corrected chi connectivity index (χ2v) is 7.33. The van der Waals surface area contributed by atoms with Gasteiger partial charge in [0.25, 0.3) is 0 Å². The van der Waals surface area contributed by atoms with Gasteiger partial charge in [-0.15, -0.1) is 0 Å². The molecule has 0 unspecified atom stereocenters. The van der Waals surface area contributed by atoms with Crippen molar-refractivity contribution in [1.82, 2.24) is 4.72 Å². The van der Waals surface area contributed by atoms with Crippen molar-refractivity contribution >= 4 is 22.1 Å². The summed E-state index contributed by atoms with van der Waals surface area (Å²) in [6, 6.07) is 9.53. The standard InChI is InChI=1S/C18H17NO7S/c1-24-15-6-2-12(4-7-18(20)21)9-17(15)27(22,23)19-10-13-3-5-14-16(8-13)26-11-25-14/h2-9,19H,10-11H2,1H3,(H,20,21)/b7-4-. The minimum absolute atomic E-state index is 0.0390. The summed E-state index contributed by atoms with van der Waals surface area (Å²) in [6.07, 6.45) is 2.23. The minimum atomic E-state index is -3.90. The monoisotopic (exact) mass is 391 g/mol. The van der Waals surface area contributed by atoms with Crippen LogP contribution in [0, 0.1) is 0 Å². The normalized spacial score (nSPS) is 13.1. The number of aliphatic carboxylic acids is 1. The summed E-state index contributed by atoms with van der Waals surface area (Å²) in [5.41, 5.74) is 1.12. The van der Waals surface area contributed by atoms with Crippen LogP contribution in [0.5, 0.6) is 17.2 Å². The largest absolute Gasteiger partial charge is 0.495 e. The van der Waals surface area contributed by atoms with Gasteiger partial charge < -0.3 is 19.3 Å². The Kier molecular flexibility index (Phi) is 5.33. The number of fused-ring (bicyclic) bond motifs is 1. The summed E-state index contributed by atoms with van der Waals surface area (Å²) in [5.74, 6) is 0.197. The molecule has 2 aromatic carbocycles. The highest BCUT2D eigenvalue weighted by molar-refractivity contribution is 7.89. The molecular weight excluding hydrogens is 374 g/mol. The number of benzene rings is 2. The zero-order valence-corrected chi connectivity index (χ0v) is 15.2. The van der Waals surface area contributed by atoms with Crippen molar-refractivity contribution < 1.29 is 32.5 Å². The van der Waals surface area contributed by atoms with Crippen LogP contribution in [0.4, 0.5) is 0 Å². The van der Waals surface area contributed by atoms with Gasteiger partial charge >= 0.3 is 5.97 Å². The SMILES string of the molecule is COc1ccc(/C=C\C(=O)O)cc1S(=O)(=O)NCc1ccc2c(c1)OCO2. The van der Waals surface area contributed by atoms with Crippen molar-refractivity contribution in [2.75, 3.05) is 13.9 Å². The molecule has 8 nitrogen and oxygen atoms in total. The molecule has 27 heavy (non-hydrogen) atoms. The summed E-state index contributed by atoms with van der Waals surface area (Å²) >= 11 is 0. The molecule has 0 radical (unpaired) electrons.